The third-order valence-corrected chi connectivity index (χ3v) is 3.12. The molecule has 5 nitrogen and oxygen atoms in total. The molecule has 0 aliphatic carbocycles. The summed E-state index contributed by atoms with van der Waals surface area (Å²) in [6.45, 7) is 2.61. The van der Waals surface area contributed by atoms with E-state index in [-0.39, 0.29) is 12.6 Å². The fourth-order valence-corrected chi connectivity index (χ4v) is 2.03. The summed E-state index contributed by atoms with van der Waals surface area (Å²) in [5.74, 6) is 0.685. The Morgan fingerprint density at radius 1 is 1.13 bits per heavy atom. The molecule has 5 heteroatoms. The number of methoxy groups -OCH3 is 1. The number of nitriles is 1. The Kier molecular flexibility index (Phi) is 5.59. The number of benzene rings is 2. The normalized spacial score (nSPS) is 9.78. The highest BCUT2D eigenvalue weighted by Gasteiger charge is 2.09. The Hall–Kier alpha value is -3.00. The minimum Gasteiger partial charge on any atom is -0.490 e. The second kappa shape index (κ2) is 7.85. The molecule has 0 spiro atoms. The monoisotopic (exact) mass is 311 g/mol. The van der Waals surface area contributed by atoms with Crippen molar-refractivity contribution in [2.24, 2.45) is 0 Å². The van der Waals surface area contributed by atoms with Crippen LogP contribution in [0, 0.1) is 11.3 Å². The zero-order valence-corrected chi connectivity index (χ0v) is 13.0. The van der Waals surface area contributed by atoms with Crippen LogP contribution in [0.1, 0.15) is 28.4 Å². The Morgan fingerprint density at radius 3 is 2.65 bits per heavy atom. The van der Waals surface area contributed by atoms with Crippen LogP contribution >= 0.6 is 0 Å². The molecule has 2 aromatic carbocycles. The van der Waals surface area contributed by atoms with Gasteiger partial charge < -0.3 is 14.2 Å². The number of hydrogen-bond donors (Lipinski definition) is 0. The third kappa shape index (κ3) is 4.24. The second-order valence-electron chi connectivity index (χ2n) is 4.69. The van der Waals surface area contributed by atoms with Crippen LogP contribution in [-0.2, 0) is 11.3 Å². The molecule has 0 radical (unpaired) electrons. The fraction of sp³-hybridized carbons (Fsp3) is 0.222. The number of ether oxygens (including phenoxy) is 3. The lowest BCUT2D eigenvalue weighted by Crippen LogP contribution is -2.04. The van der Waals surface area contributed by atoms with Crippen LogP contribution < -0.4 is 9.47 Å². The number of rotatable bonds is 6. The maximum absolute atomic E-state index is 11.5. The minimum atomic E-state index is -0.389. The van der Waals surface area contributed by atoms with E-state index in [4.69, 9.17) is 19.5 Å². The molecule has 0 atom stereocenters. The van der Waals surface area contributed by atoms with Gasteiger partial charge in [0, 0.05) is 6.07 Å². The van der Waals surface area contributed by atoms with Crippen LogP contribution in [-0.4, -0.2) is 19.7 Å². The molecule has 0 bridgehead atoms. The number of carbonyl (C=O) groups is 1. The highest BCUT2D eigenvalue weighted by Crippen LogP contribution is 2.29. The molecular weight excluding hydrogens is 294 g/mol. The SMILES string of the molecule is CCOc1cc(C#N)ccc1OCc1cccc(C(=O)OC)c1. The van der Waals surface area contributed by atoms with Gasteiger partial charge in [-0.15, -0.1) is 0 Å². The molecule has 0 aliphatic rings. The van der Waals surface area contributed by atoms with E-state index >= 15 is 0 Å². The van der Waals surface area contributed by atoms with Crippen LogP contribution in [0.4, 0.5) is 0 Å². The van der Waals surface area contributed by atoms with Crippen LogP contribution in [0.25, 0.3) is 0 Å². The largest absolute Gasteiger partial charge is 0.490 e. The lowest BCUT2D eigenvalue weighted by molar-refractivity contribution is 0.0600. The first-order valence-corrected chi connectivity index (χ1v) is 7.15. The summed E-state index contributed by atoms with van der Waals surface area (Å²) in [6, 6.07) is 14.1. The first kappa shape index (κ1) is 16.4. The Balaban J connectivity index is 2.14. The number of carbonyl (C=O) groups excluding carboxylic acids is 1. The minimum absolute atomic E-state index is 0.275. The van der Waals surface area contributed by atoms with Crippen molar-refractivity contribution in [1.82, 2.24) is 0 Å². The summed E-state index contributed by atoms with van der Waals surface area (Å²) in [4.78, 5) is 11.5. The quantitative estimate of drug-likeness (QED) is 0.765. The summed E-state index contributed by atoms with van der Waals surface area (Å²) in [7, 11) is 1.34. The van der Waals surface area contributed by atoms with Gasteiger partial charge in [0.05, 0.1) is 30.9 Å². The zero-order valence-electron chi connectivity index (χ0n) is 13.0. The molecule has 0 unspecified atom stereocenters. The van der Waals surface area contributed by atoms with Crippen LogP contribution in [0.5, 0.6) is 11.5 Å². The van der Waals surface area contributed by atoms with Gasteiger partial charge in [-0.2, -0.15) is 5.26 Å². The van der Waals surface area contributed by atoms with Gasteiger partial charge in [0.2, 0.25) is 0 Å². The number of nitrogens with zero attached hydrogens (tertiary/aromatic N) is 1. The van der Waals surface area contributed by atoms with Crippen molar-refractivity contribution in [3.63, 3.8) is 0 Å². The van der Waals surface area contributed by atoms with E-state index in [1.165, 1.54) is 7.11 Å². The highest BCUT2D eigenvalue weighted by atomic mass is 16.5. The molecule has 0 aromatic heterocycles. The molecular formula is C18H17NO4. The second-order valence-corrected chi connectivity index (χ2v) is 4.69. The van der Waals surface area contributed by atoms with Crippen molar-refractivity contribution in [2.45, 2.75) is 13.5 Å². The standard InChI is InChI=1S/C18H17NO4/c1-3-22-17-10-13(11-19)7-8-16(17)23-12-14-5-4-6-15(9-14)18(20)21-2/h4-10H,3,12H2,1-2H3. The molecule has 0 aliphatic heterocycles. The topological polar surface area (TPSA) is 68.5 Å². The summed E-state index contributed by atoms with van der Waals surface area (Å²) in [5, 5.41) is 8.94. The van der Waals surface area contributed by atoms with Gasteiger partial charge in [0.25, 0.3) is 0 Å². The zero-order chi connectivity index (χ0) is 16.7. The predicted octanol–water partition coefficient (Wildman–Crippen LogP) is 3.32. The molecule has 0 amide bonds. The molecule has 0 saturated carbocycles. The Morgan fingerprint density at radius 2 is 1.96 bits per heavy atom. The molecule has 2 aromatic rings. The number of hydrogen-bond acceptors (Lipinski definition) is 5. The van der Waals surface area contributed by atoms with Gasteiger partial charge in [-0.25, -0.2) is 4.79 Å². The molecule has 0 N–H and O–H groups in total. The van der Waals surface area contributed by atoms with E-state index < -0.39 is 0 Å². The van der Waals surface area contributed by atoms with E-state index in [0.29, 0.717) is 29.2 Å². The third-order valence-electron chi connectivity index (χ3n) is 3.12. The predicted molar refractivity (Wildman–Crippen MR) is 84.4 cm³/mol. The lowest BCUT2D eigenvalue weighted by atomic mass is 10.1. The van der Waals surface area contributed by atoms with Crippen molar-refractivity contribution in [2.75, 3.05) is 13.7 Å². The van der Waals surface area contributed by atoms with Gasteiger partial charge >= 0.3 is 5.97 Å². The van der Waals surface area contributed by atoms with Crippen LogP contribution in [0.15, 0.2) is 42.5 Å². The van der Waals surface area contributed by atoms with Crippen molar-refractivity contribution in [3.8, 4) is 17.6 Å². The van der Waals surface area contributed by atoms with Crippen molar-refractivity contribution < 1.29 is 19.0 Å². The van der Waals surface area contributed by atoms with Gasteiger partial charge in [-0.3, -0.25) is 0 Å². The van der Waals surface area contributed by atoms with Gasteiger partial charge in [-0.1, -0.05) is 12.1 Å². The lowest BCUT2D eigenvalue weighted by Gasteiger charge is -2.12. The maximum atomic E-state index is 11.5. The van der Waals surface area contributed by atoms with E-state index in [1.54, 1.807) is 36.4 Å². The number of esters is 1. The van der Waals surface area contributed by atoms with Gasteiger partial charge in [0.15, 0.2) is 11.5 Å². The molecule has 23 heavy (non-hydrogen) atoms. The molecule has 2 rings (SSSR count). The molecule has 0 heterocycles. The Labute approximate surface area is 135 Å². The highest BCUT2D eigenvalue weighted by molar-refractivity contribution is 5.89. The Bertz CT molecular complexity index is 734. The van der Waals surface area contributed by atoms with E-state index in [2.05, 4.69) is 6.07 Å². The summed E-state index contributed by atoms with van der Waals surface area (Å²) in [6.07, 6.45) is 0. The first-order valence-electron chi connectivity index (χ1n) is 7.15. The average Bonchev–Trinajstić information content (AvgIpc) is 2.60. The summed E-state index contributed by atoms with van der Waals surface area (Å²) < 4.78 is 16.0. The van der Waals surface area contributed by atoms with E-state index in [1.807, 2.05) is 13.0 Å². The molecule has 0 saturated heterocycles. The first-order chi connectivity index (χ1) is 11.2. The molecule has 0 fully saturated rings. The fourth-order valence-electron chi connectivity index (χ4n) is 2.03. The van der Waals surface area contributed by atoms with Crippen LogP contribution in [0.3, 0.4) is 0 Å². The summed E-state index contributed by atoms with van der Waals surface area (Å²) >= 11 is 0. The smallest absolute Gasteiger partial charge is 0.337 e. The van der Waals surface area contributed by atoms with Crippen molar-refractivity contribution in [3.05, 3.63) is 59.2 Å². The van der Waals surface area contributed by atoms with Gasteiger partial charge in [0.1, 0.15) is 6.61 Å². The van der Waals surface area contributed by atoms with Gasteiger partial charge in [-0.05, 0) is 36.8 Å². The maximum Gasteiger partial charge on any atom is 0.337 e. The van der Waals surface area contributed by atoms with E-state index in [0.717, 1.165) is 5.56 Å². The van der Waals surface area contributed by atoms with Crippen molar-refractivity contribution >= 4 is 5.97 Å². The summed E-state index contributed by atoms with van der Waals surface area (Å²) in [5.41, 5.74) is 1.81. The average molecular weight is 311 g/mol. The molecule has 118 valence electrons. The van der Waals surface area contributed by atoms with Crippen LogP contribution in [0.2, 0.25) is 0 Å². The van der Waals surface area contributed by atoms with E-state index in [9.17, 15) is 4.79 Å². The van der Waals surface area contributed by atoms with Crippen molar-refractivity contribution in [1.29, 1.82) is 5.26 Å².